The van der Waals surface area contributed by atoms with Gasteiger partial charge in [0.05, 0.1) is 13.2 Å². The Kier molecular flexibility index (Phi) is 11.0. The largest absolute Gasteiger partial charge is 0.494 e. The van der Waals surface area contributed by atoms with Crippen LogP contribution >= 0.6 is 12.4 Å². The molecule has 1 aromatic rings. The fourth-order valence-electron chi connectivity index (χ4n) is 2.53. The summed E-state index contributed by atoms with van der Waals surface area (Å²) in [4.78, 5) is 11.8. The summed E-state index contributed by atoms with van der Waals surface area (Å²) in [7, 11) is 1.71. The van der Waals surface area contributed by atoms with Gasteiger partial charge in [-0.05, 0) is 43.5 Å². The van der Waals surface area contributed by atoms with E-state index in [4.69, 9.17) is 9.47 Å². The fourth-order valence-corrected chi connectivity index (χ4v) is 2.53. The zero-order valence-electron chi connectivity index (χ0n) is 14.9. The van der Waals surface area contributed by atoms with E-state index in [1.807, 2.05) is 24.3 Å². The van der Waals surface area contributed by atoms with E-state index >= 15 is 0 Å². The van der Waals surface area contributed by atoms with Crippen LogP contribution in [0.5, 0.6) is 5.75 Å². The first kappa shape index (κ1) is 21.5. The summed E-state index contributed by atoms with van der Waals surface area (Å²) in [6.45, 7) is 3.85. The number of nitrogens with one attached hydrogen (secondary N) is 2. The molecule has 0 aromatic heterocycles. The number of carbonyl (C=O) groups excluding carboxylic acids is 1. The molecule has 1 amide bonds. The number of halogens is 1. The third-order valence-electron chi connectivity index (χ3n) is 4.01. The number of methoxy groups -OCH3 is 1. The highest BCUT2D eigenvalue weighted by atomic mass is 35.5. The lowest BCUT2D eigenvalue weighted by atomic mass is 10.1. The maximum atomic E-state index is 11.8. The van der Waals surface area contributed by atoms with Crippen molar-refractivity contribution in [3.05, 3.63) is 41.5 Å². The van der Waals surface area contributed by atoms with E-state index in [2.05, 4.69) is 16.7 Å². The van der Waals surface area contributed by atoms with Gasteiger partial charge in [-0.15, -0.1) is 12.4 Å². The normalized spacial score (nSPS) is 13.6. The van der Waals surface area contributed by atoms with E-state index in [1.54, 1.807) is 7.11 Å². The summed E-state index contributed by atoms with van der Waals surface area (Å²) in [5, 5.41) is 6.24. The lowest BCUT2D eigenvalue weighted by molar-refractivity contribution is -0.121. The molecule has 5 nitrogen and oxygen atoms in total. The molecule has 0 saturated heterocycles. The second kappa shape index (κ2) is 12.8. The molecule has 1 aromatic carbocycles. The van der Waals surface area contributed by atoms with E-state index in [-0.39, 0.29) is 18.3 Å². The molecule has 0 fully saturated rings. The minimum absolute atomic E-state index is 0. The van der Waals surface area contributed by atoms with E-state index in [0.717, 1.165) is 44.7 Å². The van der Waals surface area contributed by atoms with Crippen LogP contribution in [0.4, 0.5) is 0 Å². The van der Waals surface area contributed by atoms with Gasteiger partial charge in [-0.1, -0.05) is 23.8 Å². The molecular weight excluding hydrogens is 340 g/mol. The minimum atomic E-state index is 0. The Morgan fingerprint density at radius 2 is 2.04 bits per heavy atom. The Morgan fingerprint density at radius 1 is 1.24 bits per heavy atom. The van der Waals surface area contributed by atoms with Gasteiger partial charge in [0.15, 0.2) is 0 Å². The molecule has 1 heterocycles. The molecule has 0 bridgehead atoms. The van der Waals surface area contributed by atoms with Crippen LogP contribution < -0.4 is 15.4 Å². The van der Waals surface area contributed by atoms with Gasteiger partial charge in [0.25, 0.3) is 0 Å². The molecule has 0 saturated carbocycles. The summed E-state index contributed by atoms with van der Waals surface area (Å²) >= 11 is 0. The van der Waals surface area contributed by atoms with Crippen molar-refractivity contribution in [2.24, 2.45) is 0 Å². The number of amides is 1. The van der Waals surface area contributed by atoms with Crippen LogP contribution in [0.2, 0.25) is 0 Å². The van der Waals surface area contributed by atoms with Crippen molar-refractivity contribution in [2.75, 3.05) is 40.0 Å². The Bertz CT molecular complexity index is 532. The van der Waals surface area contributed by atoms with Crippen LogP contribution in [0.15, 0.2) is 35.9 Å². The molecule has 1 aliphatic heterocycles. The Balaban J connectivity index is 0.00000312. The number of rotatable bonds is 10. The fraction of sp³-hybridized carbons (Fsp3) is 0.526. The van der Waals surface area contributed by atoms with Gasteiger partial charge in [0, 0.05) is 26.6 Å². The van der Waals surface area contributed by atoms with Crippen LogP contribution in [-0.4, -0.2) is 45.9 Å². The maximum absolute atomic E-state index is 11.8. The summed E-state index contributed by atoms with van der Waals surface area (Å²) in [6, 6.07) is 8.03. The first-order valence-corrected chi connectivity index (χ1v) is 8.64. The molecule has 6 heteroatoms. The molecule has 25 heavy (non-hydrogen) atoms. The first-order valence-electron chi connectivity index (χ1n) is 8.64. The predicted octanol–water partition coefficient (Wildman–Crippen LogP) is 2.49. The molecule has 0 unspecified atom stereocenters. The Labute approximate surface area is 156 Å². The summed E-state index contributed by atoms with van der Waals surface area (Å²) in [5.41, 5.74) is 2.54. The monoisotopic (exact) mass is 368 g/mol. The van der Waals surface area contributed by atoms with Crippen molar-refractivity contribution in [1.82, 2.24) is 10.6 Å². The van der Waals surface area contributed by atoms with E-state index < -0.39 is 0 Å². The second-order valence-corrected chi connectivity index (χ2v) is 5.93. The minimum Gasteiger partial charge on any atom is -0.494 e. The van der Waals surface area contributed by atoms with Gasteiger partial charge in [-0.2, -0.15) is 0 Å². The smallest absolute Gasteiger partial charge is 0.220 e. The molecule has 0 atom stereocenters. The van der Waals surface area contributed by atoms with Gasteiger partial charge in [-0.25, -0.2) is 0 Å². The van der Waals surface area contributed by atoms with Crippen molar-refractivity contribution in [2.45, 2.75) is 25.7 Å². The van der Waals surface area contributed by atoms with Crippen molar-refractivity contribution < 1.29 is 14.3 Å². The predicted molar refractivity (Wildman–Crippen MR) is 103 cm³/mol. The number of hydrogen-bond acceptors (Lipinski definition) is 4. The summed E-state index contributed by atoms with van der Waals surface area (Å²) < 4.78 is 10.7. The van der Waals surface area contributed by atoms with Crippen LogP contribution in [0.1, 0.15) is 24.8 Å². The van der Waals surface area contributed by atoms with Crippen LogP contribution in [-0.2, 0) is 16.0 Å². The van der Waals surface area contributed by atoms with Crippen molar-refractivity contribution in [3.8, 4) is 5.75 Å². The SMILES string of the molecule is COCCc1ccc(OCCCC(=O)NCC2=CCNCC2)cc1.Cl. The highest BCUT2D eigenvalue weighted by molar-refractivity contribution is 5.85. The number of ether oxygens (including phenoxy) is 2. The van der Waals surface area contributed by atoms with Crippen LogP contribution in [0.25, 0.3) is 0 Å². The number of carbonyl (C=O) groups is 1. The van der Waals surface area contributed by atoms with Gasteiger partial charge >= 0.3 is 0 Å². The number of benzene rings is 1. The van der Waals surface area contributed by atoms with E-state index in [0.29, 0.717) is 19.6 Å². The lowest BCUT2D eigenvalue weighted by Gasteiger charge is -2.14. The second-order valence-electron chi connectivity index (χ2n) is 5.93. The molecular formula is C19H29ClN2O3. The molecule has 0 spiro atoms. The molecule has 0 aliphatic carbocycles. The topological polar surface area (TPSA) is 59.6 Å². The zero-order chi connectivity index (χ0) is 17.0. The molecule has 1 aliphatic rings. The quantitative estimate of drug-likeness (QED) is 0.492. The van der Waals surface area contributed by atoms with Crippen LogP contribution in [0, 0.1) is 0 Å². The molecule has 2 N–H and O–H groups in total. The summed E-state index contributed by atoms with van der Waals surface area (Å²) in [6.07, 6.45) is 5.30. The molecule has 0 radical (unpaired) electrons. The zero-order valence-corrected chi connectivity index (χ0v) is 15.7. The lowest BCUT2D eigenvalue weighted by Crippen LogP contribution is -2.29. The maximum Gasteiger partial charge on any atom is 0.220 e. The third kappa shape index (κ3) is 8.91. The standard InChI is InChI=1S/C19H28N2O3.ClH/c1-23-14-10-16-4-6-18(7-5-16)24-13-2-3-19(22)21-15-17-8-11-20-12-9-17;/h4-8,20H,2-3,9-15H2,1H3,(H,21,22);1H. The van der Waals surface area contributed by atoms with Crippen molar-refractivity contribution >= 4 is 18.3 Å². The average molecular weight is 369 g/mol. The Hall–Kier alpha value is -1.56. The van der Waals surface area contributed by atoms with Gasteiger partial charge in [0.2, 0.25) is 5.91 Å². The van der Waals surface area contributed by atoms with Crippen molar-refractivity contribution in [3.63, 3.8) is 0 Å². The average Bonchev–Trinajstić information content (AvgIpc) is 2.63. The Morgan fingerprint density at radius 3 is 2.72 bits per heavy atom. The summed E-state index contributed by atoms with van der Waals surface area (Å²) in [5.74, 6) is 0.935. The van der Waals surface area contributed by atoms with Crippen LogP contribution in [0.3, 0.4) is 0 Å². The van der Waals surface area contributed by atoms with Gasteiger partial charge in [-0.3, -0.25) is 4.79 Å². The highest BCUT2D eigenvalue weighted by Gasteiger charge is 2.06. The van der Waals surface area contributed by atoms with E-state index in [1.165, 1.54) is 11.1 Å². The third-order valence-corrected chi connectivity index (χ3v) is 4.01. The van der Waals surface area contributed by atoms with E-state index in [9.17, 15) is 4.79 Å². The molecule has 140 valence electrons. The number of hydrogen-bond donors (Lipinski definition) is 2. The van der Waals surface area contributed by atoms with Gasteiger partial charge in [0.1, 0.15) is 5.75 Å². The van der Waals surface area contributed by atoms with Crippen molar-refractivity contribution in [1.29, 1.82) is 0 Å². The molecule has 2 rings (SSSR count). The van der Waals surface area contributed by atoms with Gasteiger partial charge < -0.3 is 20.1 Å². The first-order chi connectivity index (χ1) is 11.8. The highest BCUT2D eigenvalue weighted by Crippen LogP contribution is 2.13.